The highest BCUT2D eigenvalue weighted by atomic mass is 16.3. The summed E-state index contributed by atoms with van der Waals surface area (Å²) in [7, 11) is 0. The molecule has 0 fully saturated rings. The summed E-state index contributed by atoms with van der Waals surface area (Å²) in [6.45, 7) is 0. The Labute approximate surface area is 357 Å². The Hall–Kier alpha value is -8.27. The molecular formula is C59H36N2O. The number of hydrogen-bond donors (Lipinski definition) is 0. The second-order valence-electron chi connectivity index (χ2n) is 16.3. The number of pyridine rings is 1. The van der Waals surface area contributed by atoms with Crippen LogP contribution in [0.2, 0.25) is 0 Å². The van der Waals surface area contributed by atoms with E-state index in [-0.39, 0.29) is 0 Å². The Bertz CT molecular complexity index is 3850. The van der Waals surface area contributed by atoms with Crippen molar-refractivity contribution in [2.75, 3.05) is 0 Å². The summed E-state index contributed by atoms with van der Waals surface area (Å²) in [4.78, 5) is 5.28. The maximum Gasteiger partial charge on any atom is 0.141 e. The molecule has 3 heteroatoms. The van der Waals surface area contributed by atoms with Crippen LogP contribution in [0.15, 0.2) is 223 Å². The molecule has 0 amide bonds. The largest absolute Gasteiger partial charge is 0.464 e. The molecule has 62 heavy (non-hydrogen) atoms. The quantitative estimate of drug-likeness (QED) is 0.163. The van der Waals surface area contributed by atoms with Crippen LogP contribution >= 0.6 is 0 Å². The zero-order valence-electron chi connectivity index (χ0n) is 33.6. The van der Waals surface area contributed by atoms with Gasteiger partial charge in [-0.25, -0.2) is 4.98 Å². The van der Waals surface area contributed by atoms with E-state index in [1.165, 1.54) is 65.0 Å². The average Bonchev–Trinajstić information content (AvgIpc) is 3.96. The zero-order valence-corrected chi connectivity index (χ0v) is 33.6. The van der Waals surface area contributed by atoms with Crippen LogP contribution < -0.4 is 0 Å². The third kappa shape index (κ3) is 5.35. The van der Waals surface area contributed by atoms with Crippen molar-refractivity contribution in [3.63, 3.8) is 0 Å². The molecule has 0 radical (unpaired) electrons. The molecule has 3 heterocycles. The number of para-hydroxylation sites is 1. The summed E-state index contributed by atoms with van der Waals surface area (Å²) in [5.74, 6) is 0. The molecule has 288 valence electrons. The van der Waals surface area contributed by atoms with Gasteiger partial charge in [-0.05, 0) is 108 Å². The molecule has 0 spiro atoms. The van der Waals surface area contributed by atoms with Crippen molar-refractivity contribution in [3.05, 3.63) is 219 Å². The number of furan rings is 1. The summed E-state index contributed by atoms with van der Waals surface area (Å²) in [5.41, 5.74) is 12.9. The number of aromatic nitrogens is 2. The van der Waals surface area contributed by atoms with E-state index in [1.807, 2.05) is 6.07 Å². The van der Waals surface area contributed by atoms with E-state index in [4.69, 9.17) is 9.40 Å². The van der Waals surface area contributed by atoms with Crippen molar-refractivity contribution in [1.29, 1.82) is 0 Å². The van der Waals surface area contributed by atoms with E-state index >= 15 is 0 Å². The van der Waals surface area contributed by atoms with Crippen molar-refractivity contribution in [2.45, 2.75) is 0 Å². The first-order valence-electron chi connectivity index (χ1n) is 21.2. The average molecular weight is 789 g/mol. The van der Waals surface area contributed by atoms with Crippen LogP contribution in [-0.2, 0) is 0 Å². The molecule has 0 saturated carbocycles. The van der Waals surface area contributed by atoms with Gasteiger partial charge >= 0.3 is 0 Å². The molecule has 0 unspecified atom stereocenters. The van der Waals surface area contributed by atoms with Gasteiger partial charge in [-0.15, -0.1) is 0 Å². The van der Waals surface area contributed by atoms with Gasteiger partial charge in [-0.1, -0.05) is 164 Å². The van der Waals surface area contributed by atoms with Crippen LogP contribution in [-0.4, -0.2) is 9.55 Å². The first-order chi connectivity index (χ1) is 30.7. The second-order valence-corrected chi connectivity index (χ2v) is 16.3. The third-order valence-electron chi connectivity index (χ3n) is 12.8. The van der Waals surface area contributed by atoms with Gasteiger partial charge in [0.2, 0.25) is 0 Å². The number of fused-ring (bicyclic) bond motifs is 11. The van der Waals surface area contributed by atoms with E-state index in [1.54, 1.807) is 6.26 Å². The van der Waals surface area contributed by atoms with E-state index in [0.717, 1.165) is 61.3 Å². The number of nitrogens with zero attached hydrogens (tertiary/aromatic N) is 2. The molecule has 0 aliphatic carbocycles. The van der Waals surface area contributed by atoms with Gasteiger partial charge in [0.25, 0.3) is 0 Å². The van der Waals surface area contributed by atoms with E-state index < -0.39 is 0 Å². The Kier molecular flexibility index (Phi) is 7.60. The lowest BCUT2D eigenvalue weighted by Gasteiger charge is -2.15. The van der Waals surface area contributed by atoms with E-state index in [2.05, 4.69) is 211 Å². The minimum Gasteiger partial charge on any atom is -0.464 e. The van der Waals surface area contributed by atoms with Gasteiger partial charge in [0.1, 0.15) is 5.58 Å². The molecule has 3 nitrogen and oxygen atoms in total. The van der Waals surface area contributed by atoms with E-state index in [9.17, 15) is 0 Å². The molecular weight excluding hydrogens is 753 g/mol. The van der Waals surface area contributed by atoms with Gasteiger partial charge in [0, 0.05) is 32.8 Å². The Morgan fingerprint density at radius 1 is 0.323 bits per heavy atom. The fourth-order valence-electron chi connectivity index (χ4n) is 9.94. The summed E-state index contributed by atoms with van der Waals surface area (Å²) in [5, 5.41) is 13.4. The highest BCUT2D eigenvalue weighted by Crippen LogP contribution is 2.44. The number of hydrogen-bond acceptors (Lipinski definition) is 2. The molecule has 0 atom stereocenters. The van der Waals surface area contributed by atoms with Gasteiger partial charge in [-0.3, -0.25) is 0 Å². The van der Waals surface area contributed by atoms with Gasteiger partial charge < -0.3 is 8.98 Å². The maximum absolute atomic E-state index is 6.03. The maximum atomic E-state index is 6.03. The normalized spacial score (nSPS) is 11.9. The molecule has 13 rings (SSSR count). The SMILES string of the molecule is c1ccc(-c2cc(-n3c4ccc(-c5cccc6ccccc56)cc4c4cc5c6ccccc6c6cc(-c7cccc8ccoc78)ccc6c5cc43)cc(-c3ccccc3)n2)cc1. The first kappa shape index (κ1) is 34.6. The standard InChI is InChI=1S/C59H36N2O/c1-3-14-38(15-4-1)55-33-43(34-56(60-55)39-16-5-2-6-17-39)61-57-28-26-41(45-23-11-18-37-13-7-8-20-44(37)45)32-53(57)54-35-51-48-22-10-9-21-47(48)50-31-42(25-27-49(50)52(51)36-58(54)61)46-24-12-19-40-29-30-62-59(40)46/h1-36H. The summed E-state index contributed by atoms with van der Waals surface area (Å²) in [6.07, 6.45) is 1.78. The Morgan fingerprint density at radius 3 is 1.63 bits per heavy atom. The topological polar surface area (TPSA) is 31.0 Å². The molecule has 3 aromatic heterocycles. The van der Waals surface area contributed by atoms with Crippen molar-refractivity contribution < 1.29 is 4.42 Å². The van der Waals surface area contributed by atoms with E-state index in [0.29, 0.717) is 0 Å². The molecule has 0 bridgehead atoms. The molecule has 13 aromatic rings. The summed E-state index contributed by atoms with van der Waals surface area (Å²) in [6, 6.07) is 77.0. The van der Waals surface area contributed by atoms with Gasteiger partial charge in [0.15, 0.2) is 0 Å². The zero-order chi connectivity index (χ0) is 40.7. The van der Waals surface area contributed by atoms with Gasteiger partial charge in [-0.2, -0.15) is 0 Å². The molecule has 0 saturated heterocycles. The predicted octanol–water partition coefficient (Wildman–Crippen LogP) is 16.2. The third-order valence-corrected chi connectivity index (χ3v) is 12.8. The summed E-state index contributed by atoms with van der Waals surface area (Å²) < 4.78 is 8.49. The monoisotopic (exact) mass is 788 g/mol. The smallest absolute Gasteiger partial charge is 0.141 e. The van der Waals surface area contributed by atoms with Crippen LogP contribution in [0.25, 0.3) is 126 Å². The summed E-state index contributed by atoms with van der Waals surface area (Å²) >= 11 is 0. The van der Waals surface area contributed by atoms with Crippen LogP contribution in [0.4, 0.5) is 0 Å². The highest BCUT2D eigenvalue weighted by molar-refractivity contribution is 6.29. The highest BCUT2D eigenvalue weighted by Gasteiger charge is 2.20. The fourth-order valence-corrected chi connectivity index (χ4v) is 9.94. The van der Waals surface area contributed by atoms with Crippen molar-refractivity contribution >= 4 is 75.9 Å². The molecule has 0 N–H and O–H groups in total. The minimum absolute atomic E-state index is 0.910. The minimum atomic E-state index is 0.910. The first-order valence-corrected chi connectivity index (χ1v) is 21.2. The molecule has 0 aliphatic rings. The predicted molar refractivity (Wildman–Crippen MR) is 260 cm³/mol. The lowest BCUT2D eigenvalue weighted by atomic mass is 9.91. The van der Waals surface area contributed by atoms with Crippen molar-refractivity contribution in [1.82, 2.24) is 9.55 Å². The fraction of sp³-hybridized carbons (Fsp3) is 0. The van der Waals surface area contributed by atoms with Crippen LogP contribution in [0.5, 0.6) is 0 Å². The van der Waals surface area contributed by atoms with Crippen molar-refractivity contribution in [2.24, 2.45) is 0 Å². The molecule has 10 aromatic carbocycles. The van der Waals surface area contributed by atoms with Crippen LogP contribution in [0, 0.1) is 0 Å². The van der Waals surface area contributed by atoms with Crippen LogP contribution in [0.1, 0.15) is 0 Å². The molecule has 0 aliphatic heterocycles. The Morgan fingerprint density at radius 2 is 0.871 bits per heavy atom. The van der Waals surface area contributed by atoms with Gasteiger partial charge in [0.05, 0.1) is 34.4 Å². The number of rotatable bonds is 5. The van der Waals surface area contributed by atoms with Crippen LogP contribution in [0.3, 0.4) is 0 Å². The number of benzene rings is 10. The Balaban J connectivity index is 1.14. The van der Waals surface area contributed by atoms with Crippen molar-refractivity contribution in [3.8, 4) is 50.5 Å². The second kappa shape index (κ2) is 13.6. The lowest BCUT2D eigenvalue weighted by molar-refractivity contribution is 0.617. The lowest BCUT2D eigenvalue weighted by Crippen LogP contribution is -1.98.